The molecule has 92 valence electrons. The number of rotatable bonds is 3. The molecule has 0 spiro atoms. The third kappa shape index (κ3) is 2.28. The van der Waals surface area contributed by atoms with Gasteiger partial charge in [0.2, 0.25) is 0 Å². The quantitative estimate of drug-likeness (QED) is 0.763. The summed E-state index contributed by atoms with van der Waals surface area (Å²) < 4.78 is 40.6. The van der Waals surface area contributed by atoms with Gasteiger partial charge in [0.1, 0.15) is 12.0 Å². The van der Waals surface area contributed by atoms with Gasteiger partial charge in [-0.15, -0.1) is 13.2 Å². The van der Waals surface area contributed by atoms with Crippen LogP contribution in [0.25, 0.3) is 0 Å². The first kappa shape index (κ1) is 12.0. The number of benzene rings is 1. The van der Waals surface area contributed by atoms with E-state index in [4.69, 9.17) is 0 Å². The molecule has 0 radical (unpaired) electrons. The van der Waals surface area contributed by atoms with Gasteiger partial charge >= 0.3 is 6.36 Å². The first-order valence-corrected chi connectivity index (χ1v) is 5.28. The van der Waals surface area contributed by atoms with E-state index in [1.807, 2.05) is 0 Å². The Kier molecular flexibility index (Phi) is 2.85. The largest absolute Gasteiger partial charge is 0.573 e. The van der Waals surface area contributed by atoms with Crippen LogP contribution in [0.15, 0.2) is 24.3 Å². The van der Waals surface area contributed by atoms with E-state index in [-0.39, 0.29) is 5.75 Å². The summed E-state index contributed by atoms with van der Waals surface area (Å²) in [5, 5.41) is 0. The summed E-state index contributed by atoms with van der Waals surface area (Å²) in [6, 6.07) is 5.84. The van der Waals surface area contributed by atoms with Gasteiger partial charge in [-0.2, -0.15) is 0 Å². The summed E-state index contributed by atoms with van der Waals surface area (Å²) in [5.74, 6) is -0.271. The van der Waals surface area contributed by atoms with Crippen molar-refractivity contribution in [2.24, 2.45) is 0 Å². The summed E-state index contributed by atoms with van der Waals surface area (Å²) in [7, 11) is 0. The Labute approximate surface area is 96.4 Å². The van der Waals surface area contributed by atoms with E-state index in [1.54, 1.807) is 6.07 Å². The van der Waals surface area contributed by atoms with Crippen LogP contribution in [0.3, 0.4) is 0 Å². The molecule has 1 aromatic rings. The van der Waals surface area contributed by atoms with Crippen LogP contribution < -0.4 is 4.74 Å². The van der Waals surface area contributed by atoms with Crippen LogP contribution in [0.5, 0.6) is 5.75 Å². The molecule has 0 aliphatic heterocycles. The van der Waals surface area contributed by atoms with E-state index in [9.17, 15) is 18.0 Å². The molecular weight excluding hydrogens is 233 g/mol. The lowest BCUT2D eigenvalue weighted by atomic mass is 9.65. The van der Waals surface area contributed by atoms with Crippen molar-refractivity contribution >= 4 is 6.29 Å². The minimum atomic E-state index is -4.73. The first-order chi connectivity index (χ1) is 7.97. The number of ether oxygens (including phenoxy) is 1. The molecule has 0 amide bonds. The van der Waals surface area contributed by atoms with Crippen LogP contribution in [-0.2, 0) is 10.2 Å². The molecule has 17 heavy (non-hydrogen) atoms. The molecule has 0 atom stereocenters. The minimum absolute atomic E-state index is 0.271. The third-order valence-corrected chi connectivity index (χ3v) is 3.12. The van der Waals surface area contributed by atoms with Gasteiger partial charge in [0.15, 0.2) is 0 Å². The van der Waals surface area contributed by atoms with E-state index in [0.717, 1.165) is 12.7 Å². The van der Waals surface area contributed by atoms with Gasteiger partial charge in [-0.25, -0.2) is 0 Å². The van der Waals surface area contributed by atoms with Crippen molar-refractivity contribution < 1.29 is 22.7 Å². The van der Waals surface area contributed by atoms with E-state index in [1.165, 1.54) is 18.2 Å². The summed E-state index contributed by atoms with van der Waals surface area (Å²) in [5.41, 5.74) is -0.458. The fourth-order valence-corrected chi connectivity index (χ4v) is 2.10. The van der Waals surface area contributed by atoms with Crippen molar-refractivity contribution in [3.8, 4) is 5.75 Å². The van der Waals surface area contributed by atoms with E-state index in [0.29, 0.717) is 18.4 Å². The highest BCUT2D eigenvalue weighted by atomic mass is 19.4. The topological polar surface area (TPSA) is 26.3 Å². The van der Waals surface area contributed by atoms with Crippen LogP contribution in [0.2, 0.25) is 0 Å². The molecule has 0 aromatic heterocycles. The molecule has 0 N–H and O–H groups in total. The summed E-state index contributed by atoms with van der Waals surface area (Å²) >= 11 is 0. The predicted octanol–water partition coefficient (Wildman–Crippen LogP) is 3.21. The molecule has 2 rings (SSSR count). The van der Waals surface area contributed by atoms with Gasteiger partial charge in [-0.3, -0.25) is 0 Å². The Balaban J connectivity index is 2.37. The second kappa shape index (κ2) is 4.05. The Morgan fingerprint density at radius 1 is 1.24 bits per heavy atom. The maximum atomic E-state index is 12.2. The second-order valence-electron chi connectivity index (χ2n) is 4.17. The van der Waals surface area contributed by atoms with Crippen molar-refractivity contribution in [1.29, 1.82) is 0 Å². The lowest BCUT2D eigenvalue weighted by molar-refractivity contribution is -0.275. The lowest BCUT2D eigenvalue weighted by Crippen LogP contribution is -2.36. The van der Waals surface area contributed by atoms with Crippen LogP contribution in [0.4, 0.5) is 13.2 Å². The molecule has 5 heteroatoms. The maximum absolute atomic E-state index is 12.2. The van der Waals surface area contributed by atoms with E-state index >= 15 is 0 Å². The van der Waals surface area contributed by atoms with Crippen LogP contribution >= 0.6 is 0 Å². The fourth-order valence-electron chi connectivity index (χ4n) is 2.10. The summed E-state index contributed by atoms with van der Waals surface area (Å²) in [6.07, 6.45) is -2.00. The van der Waals surface area contributed by atoms with E-state index in [2.05, 4.69) is 4.74 Å². The summed E-state index contributed by atoms with van der Waals surface area (Å²) in [4.78, 5) is 11.1. The maximum Gasteiger partial charge on any atom is 0.573 e. The number of carbonyl (C=O) groups excluding carboxylic acids is 1. The predicted molar refractivity (Wildman–Crippen MR) is 54.7 cm³/mol. The highest BCUT2D eigenvalue weighted by Gasteiger charge is 2.42. The molecular formula is C12H11F3O2. The van der Waals surface area contributed by atoms with Gasteiger partial charge in [0.25, 0.3) is 0 Å². The number of aldehydes is 1. The zero-order chi connectivity index (χ0) is 12.5. The SMILES string of the molecule is O=CC1(c2ccccc2OC(F)(F)F)CCC1. The monoisotopic (exact) mass is 244 g/mol. The van der Waals surface area contributed by atoms with Crippen LogP contribution in [0, 0.1) is 0 Å². The molecule has 0 saturated heterocycles. The fraction of sp³-hybridized carbons (Fsp3) is 0.417. The highest BCUT2D eigenvalue weighted by molar-refractivity contribution is 5.72. The average molecular weight is 244 g/mol. The Hall–Kier alpha value is -1.52. The number of halogens is 3. The Morgan fingerprint density at radius 3 is 2.35 bits per heavy atom. The minimum Gasteiger partial charge on any atom is -0.405 e. The molecule has 1 aromatic carbocycles. The number of para-hydroxylation sites is 1. The number of carbonyl (C=O) groups is 1. The Bertz CT molecular complexity index is 422. The lowest BCUT2D eigenvalue weighted by Gasteiger charge is -2.38. The van der Waals surface area contributed by atoms with Crippen LogP contribution in [0.1, 0.15) is 24.8 Å². The first-order valence-electron chi connectivity index (χ1n) is 5.28. The zero-order valence-electron chi connectivity index (χ0n) is 8.96. The number of alkyl halides is 3. The van der Waals surface area contributed by atoms with Crippen molar-refractivity contribution in [2.45, 2.75) is 31.0 Å². The molecule has 0 bridgehead atoms. The molecule has 0 heterocycles. The summed E-state index contributed by atoms with van der Waals surface area (Å²) in [6.45, 7) is 0. The van der Waals surface area contributed by atoms with Gasteiger partial charge < -0.3 is 9.53 Å². The van der Waals surface area contributed by atoms with Gasteiger partial charge in [0.05, 0.1) is 5.41 Å². The van der Waals surface area contributed by atoms with Gasteiger partial charge in [-0.05, 0) is 18.9 Å². The number of hydrogen-bond acceptors (Lipinski definition) is 2. The smallest absolute Gasteiger partial charge is 0.405 e. The van der Waals surface area contributed by atoms with Crippen LogP contribution in [-0.4, -0.2) is 12.6 Å². The molecule has 0 unspecified atom stereocenters. The standard InChI is InChI=1S/C12H11F3O2/c13-12(14,15)17-10-5-2-1-4-9(10)11(8-16)6-3-7-11/h1-2,4-5,8H,3,6-7H2. The van der Waals surface area contributed by atoms with Crippen molar-refractivity contribution in [3.63, 3.8) is 0 Å². The average Bonchev–Trinajstić information content (AvgIpc) is 2.17. The molecule has 1 aliphatic rings. The van der Waals surface area contributed by atoms with E-state index < -0.39 is 11.8 Å². The molecule has 2 nitrogen and oxygen atoms in total. The molecule has 1 aliphatic carbocycles. The molecule has 1 fully saturated rings. The Morgan fingerprint density at radius 2 is 1.88 bits per heavy atom. The number of hydrogen-bond donors (Lipinski definition) is 0. The van der Waals surface area contributed by atoms with Gasteiger partial charge in [0, 0.05) is 5.56 Å². The second-order valence-corrected chi connectivity index (χ2v) is 4.17. The van der Waals surface area contributed by atoms with Crippen molar-refractivity contribution in [3.05, 3.63) is 29.8 Å². The van der Waals surface area contributed by atoms with Crippen molar-refractivity contribution in [2.75, 3.05) is 0 Å². The molecule has 1 saturated carbocycles. The highest BCUT2D eigenvalue weighted by Crippen LogP contribution is 2.46. The third-order valence-electron chi connectivity index (χ3n) is 3.12. The van der Waals surface area contributed by atoms with Gasteiger partial charge in [-0.1, -0.05) is 24.6 Å². The normalized spacial score (nSPS) is 18.3. The zero-order valence-corrected chi connectivity index (χ0v) is 8.96. The van der Waals surface area contributed by atoms with Crippen molar-refractivity contribution in [1.82, 2.24) is 0 Å².